The van der Waals surface area contributed by atoms with Crippen LogP contribution < -0.4 is 14.8 Å². The number of aromatic nitrogens is 12. The van der Waals surface area contributed by atoms with Gasteiger partial charge in [0, 0.05) is 54.9 Å². The molecule has 6 heterocycles. The SMILES string of the molecule is COc1cc(-c2cc(CC(C)n3ccc(Sc4n[nH]c(Nc5c(-c6ccnc(OC)c6)ccc6c5CCC6)n4)n3)c3c(c2Cc2nc(S(=O)(=O)c4ccn(C(C)C)n4)n[nH]2)CCC3)ccn1. The summed E-state index contributed by atoms with van der Waals surface area (Å²) in [5.74, 6) is 2.06. The molecule has 338 valence electrons. The Balaban J connectivity index is 0.890. The van der Waals surface area contributed by atoms with Crippen LogP contribution in [0.25, 0.3) is 22.3 Å². The first-order valence-electron chi connectivity index (χ1n) is 22.0. The lowest BCUT2D eigenvalue weighted by molar-refractivity contribution is 0.398. The van der Waals surface area contributed by atoms with Gasteiger partial charge in [-0.05, 0) is 152 Å². The molecule has 2 aliphatic carbocycles. The number of nitrogens with zero attached hydrogens (tertiary/aromatic N) is 10. The van der Waals surface area contributed by atoms with Crippen LogP contribution in [-0.4, -0.2) is 82.5 Å². The molecule has 0 saturated carbocycles. The number of fused-ring (bicyclic) bond motifs is 2. The summed E-state index contributed by atoms with van der Waals surface area (Å²) >= 11 is 1.40. The van der Waals surface area contributed by atoms with E-state index >= 15 is 0 Å². The highest BCUT2D eigenvalue weighted by atomic mass is 32.2. The van der Waals surface area contributed by atoms with Crippen LogP contribution in [0.15, 0.2) is 99.7 Å². The van der Waals surface area contributed by atoms with E-state index in [0.29, 0.717) is 35.1 Å². The Morgan fingerprint density at radius 3 is 2.26 bits per heavy atom. The lowest BCUT2D eigenvalue weighted by Crippen LogP contribution is -2.12. The molecule has 1 unspecified atom stereocenters. The quantitative estimate of drug-likeness (QED) is 0.0836. The van der Waals surface area contributed by atoms with Crippen molar-refractivity contribution in [2.24, 2.45) is 0 Å². The molecule has 6 aromatic heterocycles. The molecule has 19 heteroatoms. The average Bonchev–Trinajstić information content (AvgIpc) is 4.18. The van der Waals surface area contributed by atoms with Crippen molar-refractivity contribution in [3.8, 4) is 34.0 Å². The number of ether oxygens (including phenoxy) is 2. The zero-order valence-electron chi connectivity index (χ0n) is 37.2. The standard InChI is InChI=1S/C47H49N13O4S2/c1-27(2)59-21-17-43(58-59)66(61,62)47-50-39(53-56-47)26-38-36-11-7-9-33(36)32(23-37(38)31-15-19-49-41(25-31)64-5)22-28(3)60-20-16-42(57-60)65-46-52-45(54-55-46)51-44-34-10-6-8-29(34)12-13-35(44)30-14-18-48-40(24-30)63-4/h12-21,23-25,27-28H,6-11,22,26H2,1-5H3,(H,50,53,56)(H2,51,52,54,55). The molecule has 0 aliphatic heterocycles. The van der Waals surface area contributed by atoms with Gasteiger partial charge in [-0.15, -0.1) is 10.2 Å². The second-order valence-electron chi connectivity index (χ2n) is 16.9. The summed E-state index contributed by atoms with van der Waals surface area (Å²) in [6.45, 7) is 6.05. The van der Waals surface area contributed by atoms with E-state index in [0.717, 1.165) is 83.5 Å². The molecule has 66 heavy (non-hydrogen) atoms. The van der Waals surface area contributed by atoms with Crippen molar-refractivity contribution in [2.45, 2.75) is 105 Å². The zero-order chi connectivity index (χ0) is 45.5. The molecule has 8 aromatic rings. The molecule has 0 amide bonds. The van der Waals surface area contributed by atoms with E-state index < -0.39 is 9.84 Å². The summed E-state index contributed by atoms with van der Waals surface area (Å²) in [6.07, 6.45) is 14.2. The van der Waals surface area contributed by atoms with Crippen LogP contribution in [0.5, 0.6) is 11.8 Å². The highest BCUT2D eigenvalue weighted by molar-refractivity contribution is 7.99. The minimum Gasteiger partial charge on any atom is -0.481 e. The number of pyridine rings is 2. The Morgan fingerprint density at radius 2 is 1.50 bits per heavy atom. The number of sulfone groups is 1. The number of H-pyrrole nitrogens is 2. The summed E-state index contributed by atoms with van der Waals surface area (Å²) in [5, 5.41) is 28.5. The Labute approximate surface area is 386 Å². The maximum absolute atomic E-state index is 13.5. The normalized spacial score (nSPS) is 13.8. The number of rotatable bonds is 16. The molecule has 0 radical (unpaired) electrons. The summed E-state index contributed by atoms with van der Waals surface area (Å²) in [6, 6.07) is 18.0. The molecule has 0 bridgehead atoms. The van der Waals surface area contributed by atoms with Gasteiger partial charge in [0.25, 0.3) is 15.0 Å². The first-order valence-corrected chi connectivity index (χ1v) is 24.3. The molecular formula is C47H49N13O4S2. The Bertz CT molecular complexity index is 3190. The van der Waals surface area contributed by atoms with Crippen LogP contribution >= 0.6 is 11.8 Å². The fourth-order valence-corrected chi connectivity index (χ4v) is 10.8. The third-order valence-corrected chi connectivity index (χ3v) is 14.6. The van der Waals surface area contributed by atoms with E-state index in [4.69, 9.17) is 19.6 Å². The number of anilines is 2. The maximum atomic E-state index is 13.5. The van der Waals surface area contributed by atoms with Crippen LogP contribution in [-0.2, 0) is 48.4 Å². The number of aryl methyl sites for hydroxylation is 1. The summed E-state index contributed by atoms with van der Waals surface area (Å²) in [5.41, 5.74) is 12.5. The van der Waals surface area contributed by atoms with Gasteiger partial charge in [0.1, 0.15) is 10.9 Å². The van der Waals surface area contributed by atoms with Crippen molar-refractivity contribution >= 4 is 33.2 Å². The summed E-state index contributed by atoms with van der Waals surface area (Å²) < 4.78 is 41.7. The van der Waals surface area contributed by atoms with Crippen molar-refractivity contribution in [3.05, 3.63) is 119 Å². The first-order chi connectivity index (χ1) is 32.0. The van der Waals surface area contributed by atoms with E-state index in [1.54, 1.807) is 37.5 Å². The minimum absolute atomic E-state index is 0.00887. The van der Waals surface area contributed by atoms with Gasteiger partial charge in [0.05, 0.1) is 25.9 Å². The van der Waals surface area contributed by atoms with Gasteiger partial charge < -0.3 is 14.8 Å². The number of hydrogen-bond donors (Lipinski definition) is 3. The molecule has 2 aliphatic rings. The first kappa shape index (κ1) is 43.1. The van der Waals surface area contributed by atoms with Crippen molar-refractivity contribution in [1.82, 2.24) is 59.9 Å². The Hall–Kier alpha value is -6.86. The molecule has 17 nitrogen and oxygen atoms in total. The fourth-order valence-electron chi connectivity index (χ4n) is 9.09. The van der Waals surface area contributed by atoms with Crippen LogP contribution in [0.4, 0.5) is 11.6 Å². The molecule has 0 fully saturated rings. The minimum atomic E-state index is -4.03. The molecular weight excluding hydrogens is 875 g/mol. The highest BCUT2D eigenvalue weighted by Crippen LogP contribution is 2.41. The van der Waals surface area contributed by atoms with Gasteiger partial charge in [-0.25, -0.2) is 28.5 Å². The molecule has 2 aromatic carbocycles. The van der Waals surface area contributed by atoms with Gasteiger partial charge in [-0.2, -0.15) is 15.2 Å². The predicted molar refractivity (Wildman–Crippen MR) is 248 cm³/mol. The second-order valence-corrected chi connectivity index (χ2v) is 19.7. The second kappa shape index (κ2) is 17.8. The third kappa shape index (κ3) is 8.43. The lowest BCUT2D eigenvalue weighted by atomic mass is 9.86. The van der Waals surface area contributed by atoms with Gasteiger partial charge in [0.15, 0.2) is 5.03 Å². The Morgan fingerprint density at radius 1 is 0.773 bits per heavy atom. The van der Waals surface area contributed by atoms with E-state index in [2.05, 4.69) is 70.9 Å². The molecule has 1 atom stereocenters. The van der Waals surface area contributed by atoms with Crippen molar-refractivity contribution in [1.29, 1.82) is 0 Å². The topological polar surface area (TPSA) is 209 Å². The number of aromatic amines is 2. The number of methoxy groups -OCH3 is 2. The predicted octanol–water partition coefficient (Wildman–Crippen LogP) is 8.14. The number of nitrogens with one attached hydrogen (secondary N) is 3. The monoisotopic (exact) mass is 923 g/mol. The van der Waals surface area contributed by atoms with E-state index in [9.17, 15) is 8.42 Å². The largest absolute Gasteiger partial charge is 0.481 e. The number of hydrogen-bond acceptors (Lipinski definition) is 14. The molecule has 10 rings (SSSR count). The molecule has 0 spiro atoms. The van der Waals surface area contributed by atoms with Crippen LogP contribution in [0, 0.1) is 0 Å². The van der Waals surface area contributed by atoms with Gasteiger partial charge >= 0.3 is 0 Å². The van der Waals surface area contributed by atoms with Gasteiger partial charge in [-0.3, -0.25) is 14.5 Å². The van der Waals surface area contributed by atoms with Gasteiger partial charge in [0.2, 0.25) is 22.9 Å². The lowest BCUT2D eigenvalue weighted by Gasteiger charge is -2.21. The highest BCUT2D eigenvalue weighted by Gasteiger charge is 2.29. The molecule has 3 N–H and O–H groups in total. The van der Waals surface area contributed by atoms with Crippen molar-refractivity contribution in [3.63, 3.8) is 0 Å². The summed E-state index contributed by atoms with van der Waals surface area (Å²) in [7, 11) is -0.804. The van der Waals surface area contributed by atoms with Crippen LogP contribution in [0.3, 0.4) is 0 Å². The molecule has 0 saturated heterocycles. The number of benzene rings is 2. The van der Waals surface area contributed by atoms with Crippen molar-refractivity contribution < 1.29 is 17.9 Å². The third-order valence-electron chi connectivity index (χ3n) is 12.3. The Kier molecular flexibility index (Phi) is 11.6. The fraction of sp³-hybridized carbons (Fsp3) is 0.319. The van der Waals surface area contributed by atoms with E-state index in [-0.39, 0.29) is 22.3 Å². The van der Waals surface area contributed by atoms with Crippen LogP contribution in [0.1, 0.15) is 84.9 Å². The van der Waals surface area contributed by atoms with Crippen LogP contribution in [0.2, 0.25) is 0 Å². The smallest absolute Gasteiger partial charge is 0.273 e. The summed E-state index contributed by atoms with van der Waals surface area (Å²) in [4.78, 5) is 18.0. The van der Waals surface area contributed by atoms with E-state index in [1.807, 2.05) is 55.1 Å². The van der Waals surface area contributed by atoms with Gasteiger partial charge in [-0.1, -0.05) is 18.2 Å². The maximum Gasteiger partial charge on any atom is 0.273 e. The van der Waals surface area contributed by atoms with Crippen molar-refractivity contribution in [2.75, 3.05) is 19.5 Å². The average molecular weight is 924 g/mol. The zero-order valence-corrected chi connectivity index (χ0v) is 38.9. The van der Waals surface area contributed by atoms with E-state index in [1.165, 1.54) is 45.6 Å².